The minimum atomic E-state index is -0.210. The lowest BCUT2D eigenvalue weighted by atomic mass is 10.1. The van der Waals surface area contributed by atoms with Gasteiger partial charge in [-0.1, -0.05) is 19.1 Å². The molecule has 2 atom stereocenters. The molecule has 1 aliphatic rings. The molecule has 5 nitrogen and oxygen atoms in total. The number of anilines is 1. The van der Waals surface area contributed by atoms with Gasteiger partial charge in [-0.15, -0.1) is 0 Å². The average Bonchev–Trinajstić information content (AvgIpc) is 3.17. The van der Waals surface area contributed by atoms with Gasteiger partial charge in [0.25, 0.3) is 5.56 Å². The molecule has 1 fully saturated rings. The molecule has 1 aromatic heterocycles. The normalized spacial score (nSPS) is 20.1. The molecule has 0 saturated heterocycles. The van der Waals surface area contributed by atoms with Crippen LogP contribution in [0.15, 0.2) is 35.1 Å². The summed E-state index contributed by atoms with van der Waals surface area (Å²) >= 11 is 0. The fraction of sp³-hybridized carbons (Fsp3) is 0.312. The molecule has 1 aliphatic carbocycles. The van der Waals surface area contributed by atoms with Gasteiger partial charge in [0.2, 0.25) is 5.91 Å². The third-order valence-electron chi connectivity index (χ3n) is 3.87. The molecule has 2 aromatic rings. The Morgan fingerprint density at radius 2 is 2.00 bits per heavy atom. The van der Waals surface area contributed by atoms with Crippen molar-refractivity contribution in [3.63, 3.8) is 0 Å². The van der Waals surface area contributed by atoms with E-state index in [1.54, 1.807) is 0 Å². The Morgan fingerprint density at radius 1 is 1.33 bits per heavy atom. The summed E-state index contributed by atoms with van der Waals surface area (Å²) < 4.78 is 0. The van der Waals surface area contributed by atoms with E-state index >= 15 is 0 Å². The van der Waals surface area contributed by atoms with Crippen molar-refractivity contribution in [2.75, 3.05) is 5.32 Å². The molecular formula is C16H17N3O2. The molecule has 108 valence electrons. The first-order chi connectivity index (χ1) is 10.0. The second kappa shape index (κ2) is 5.16. The van der Waals surface area contributed by atoms with E-state index in [-0.39, 0.29) is 17.4 Å². The van der Waals surface area contributed by atoms with Crippen molar-refractivity contribution < 1.29 is 4.79 Å². The monoisotopic (exact) mass is 283 g/mol. The highest BCUT2D eigenvalue weighted by Crippen LogP contribution is 2.38. The van der Waals surface area contributed by atoms with Crippen LogP contribution < -0.4 is 10.9 Å². The lowest BCUT2D eigenvalue weighted by molar-refractivity contribution is -0.117. The fourth-order valence-electron chi connectivity index (χ4n) is 2.42. The molecule has 1 aromatic carbocycles. The molecule has 2 N–H and O–H groups in total. The lowest BCUT2D eigenvalue weighted by Gasteiger charge is -2.07. The molecule has 1 amide bonds. The van der Waals surface area contributed by atoms with Crippen molar-refractivity contribution in [2.45, 2.75) is 20.3 Å². The SMILES string of the molecule is Cc1cc(=O)[nH]nc1-c1ccc(NC(=O)C2CC2C)cc1. The summed E-state index contributed by atoms with van der Waals surface area (Å²) in [5, 5.41) is 9.42. The van der Waals surface area contributed by atoms with Crippen LogP contribution in [0.2, 0.25) is 0 Å². The first kappa shape index (κ1) is 13.5. The largest absolute Gasteiger partial charge is 0.326 e. The van der Waals surface area contributed by atoms with Crippen molar-refractivity contribution >= 4 is 11.6 Å². The second-order valence-electron chi connectivity index (χ2n) is 5.65. The summed E-state index contributed by atoms with van der Waals surface area (Å²) in [5.41, 5.74) is 3.04. The topological polar surface area (TPSA) is 74.8 Å². The zero-order chi connectivity index (χ0) is 15.0. The lowest BCUT2D eigenvalue weighted by Crippen LogP contribution is -2.14. The number of hydrogen-bond donors (Lipinski definition) is 2. The van der Waals surface area contributed by atoms with E-state index in [0.29, 0.717) is 5.92 Å². The van der Waals surface area contributed by atoms with E-state index in [4.69, 9.17) is 0 Å². The van der Waals surface area contributed by atoms with E-state index < -0.39 is 0 Å². The fourth-order valence-corrected chi connectivity index (χ4v) is 2.42. The molecule has 0 spiro atoms. The number of hydrogen-bond acceptors (Lipinski definition) is 3. The van der Waals surface area contributed by atoms with Gasteiger partial charge in [0.15, 0.2) is 0 Å². The van der Waals surface area contributed by atoms with Crippen LogP contribution in [0.25, 0.3) is 11.3 Å². The predicted octanol–water partition coefficient (Wildman–Crippen LogP) is 2.34. The predicted molar refractivity (Wildman–Crippen MR) is 80.9 cm³/mol. The molecule has 21 heavy (non-hydrogen) atoms. The summed E-state index contributed by atoms with van der Waals surface area (Å²) in [6.45, 7) is 3.93. The number of amides is 1. The van der Waals surface area contributed by atoms with Crippen LogP contribution in [-0.2, 0) is 4.79 Å². The minimum Gasteiger partial charge on any atom is -0.326 e. The van der Waals surface area contributed by atoms with E-state index in [1.165, 1.54) is 6.07 Å². The molecule has 5 heteroatoms. The number of aryl methyl sites for hydroxylation is 1. The summed E-state index contributed by atoms with van der Waals surface area (Å²) in [6, 6.07) is 9.00. The highest BCUT2D eigenvalue weighted by molar-refractivity contribution is 5.94. The number of benzene rings is 1. The van der Waals surface area contributed by atoms with Crippen LogP contribution in [0.1, 0.15) is 18.9 Å². The first-order valence-electron chi connectivity index (χ1n) is 7.02. The van der Waals surface area contributed by atoms with Crippen molar-refractivity contribution in [3.8, 4) is 11.3 Å². The third kappa shape index (κ3) is 2.86. The van der Waals surface area contributed by atoms with Crippen molar-refractivity contribution in [3.05, 3.63) is 46.2 Å². The quantitative estimate of drug-likeness (QED) is 0.908. The molecule has 2 unspecified atom stereocenters. The van der Waals surface area contributed by atoms with Gasteiger partial charge in [0, 0.05) is 23.2 Å². The van der Waals surface area contributed by atoms with Gasteiger partial charge in [-0.05, 0) is 37.0 Å². The number of carbonyl (C=O) groups is 1. The van der Waals surface area contributed by atoms with Crippen molar-refractivity contribution in [1.29, 1.82) is 0 Å². The summed E-state index contributed by atoms with van der Waals surface area (Å²) in [6.07, 6.45) is 0.977. The molecule has 0 radical (unpaired) electrons. The zero-order valence-electron chi connectivity index (χ0n) is 12.0. The van der Waals surface area contributed by atoms with Gasteiger partial charge in [0.05, 0.1) is 5.69 Å². The van der Waals surface area contributed by atoms with Crippen LogP contribution in [0.3, 0.4) is 0 Å². The standard InChI is InChI=1S/C16H17N3O2/c1-9-7-13(9)16(21)17-12-5-3-11(4-6-12)15-10(2)8-14(20)18-19-15/h3-6,8-9,13H,7H2,1-2H3,(H,17,21)(H,18,20). The maximum atomic E-state index is 11.9. The highest BCUT2D eigenvalue weighted by atomic mass is 16.2. The Labute approximate surface area is 122 Å². The number of rotatable bonds is 3. The van der Waals surface area contributed by atoms with Crippen LogP contribution in [0.5, 0.6) is 0 Å². The Morgan fingerprint density at radius 3 is 2.57 bits per heavy atom. The summed E-state index contributed by atoms with van der Waals surface area (Å²) in [7, 11) is 0. The zero-order valence-corrected chi connectivity index (χ0v) is 12.0. The number of aromatic amines is 1. The second-order valence-corrected chi connectivity index (χ2v) is 5.65. The van der Waals surface area contributed by atoms with E-state index in [1.807, 2.05) is 31.2 Å². The van der Waals surface area contributed by atoms with Crippen LogP contribution in [0.4, 0.5) is 5.69 Å². The van der Waals surface area contributed by atoms with Gasteiger partial charge in [-0.2, -0.15) is 5.10 Å². The molecule has 3 rings (SSSR count). The number of H-pyrrole nitrogens is 1. The number of aromatic nitrogens is 2. The van der Waals surface area contributed by atoms with Gasteiger partial charge >= 0.3 is 0 Å². The first-order valence-corrected chi connectivity index (χ1v) is 7.02. The van der Waals surface area contributed by atoms with Gasteiger partial charge in [-0.3, -0.25) is 9.59 Å². The van der Waals surface area contributed by atoms with Crippen LogP contribution in [0, 0.1) is 18.8 Å². The summed E-state index contributed by atoms with van der Waals surface area (Å²) in [4.78, 5) is 23.0. The molecular weight excluding hydrogens is 266 g/mol. The van der Waals surface area contributed by atoms with E-state index in [2.05, 4.69) is 22.4 Å². The van der Waals surface area contributed by atoms with Crippen LogP contribution >= 0.6 is 0 Å². The average molecular weight is 283 g/mol. The Hall–Kier alpha value is -2.43. The van der Waals surface area contributed by atoms with Gasteiger partial charge in [-0.25, -0.2) is 5.10 Å². The van der Waals surface area contributed by atoms with E-state index in [0.717, 1.165) is 28.9 Å². The minimum absolute atomic E-state index is 0.0913. The number of nitrogens with one attached hydrogen (secondary N) is 2. The number of nitrogens with zero attached hydrogens (tertiary/aromatic N) is 1. The Kier molecular flexibility index (Phi) is 3.33. The van der Waals surface area contributed by atoms with Gasteiger partial charge in [0.1, 0.15) is 0 Å². The number of carbonyl (C=O) groups excluding carboxylic acids is 1. The summed E-state index contributed by atoms with van der Waals surface area (Å²) in [5.74, 6) is 0.749. The van der Waals surface area contributed by atoms with Crippen LogP contribution in [-0.4, -0.2) is 16.1 Å². The molecule has 1 heterocycles. The van der Waals surface area contributed by atoms with Crippen molar-refractivity contribution in [2.24, 2.45) is 11.8 Å². The Bertz CT molecular complexity index is 734. The Balaban J connectivity index is 1.77. The van der Waals surface area contributed by atoms with Crippen molar-refractivity contribution in [1.82, 2.24) is 10.2 Å². The smallest absolute Gasteiger partial charge is 0.264 e. The molecule has 0 bridgehead atoms. The van der Waals surface area contributed by atoms with Gasteiger partial charge < -0.3 is 5.32 Å². The third-order valence-corrected chi connectivity index (χ3v) is 3.87. The maximum Gasteiger partial charge on any atom is 0.264 e. The van der Waals surface area contributed by atoms with E-state index in [9.17, 15) is 9.59 Å². The highest BCUT2D eigenvalue weighted by Gasteiger charge is 2.38. The molecule has 1 saturated carbocycles. The maximum absolute atomic E-state index is 11.9. The molecule has 0 aliphatic heterocycles.